The number of piperazine rings is 1. The second-order valence-corrected chi connectivity index (χ2v) is 5.20. The highest BCUT2D eigenvalue weighted by Crippen LogP contribution is 2.23. The van der Waals surface area contributed by atoms with Crippen LogP contribution in [0.1, 0.15) is 32.6 Å². The van der Waals surface area contributed by atoms with Gasteiger partial charge in [-0.25, -0.2) is 0 Å². The average molecular weight is 239 g/mol. The molecule has 1 heterocycles. The molecule has 1 aliphatic carbocycles. The van der Waals surface area contributed by atoms with Crippen molar-refractivity contribution in [2.24, 2.45) is 5.92 Å². The predicted octanol–water partition coefficient (Wildman–Crippen LogP) is -0.231. The largest absolute Gasteiger partial charge is 0.353 e. The minimum atomic E-state index is -0.271. The van der Waals surface area contributed by atoms with E-state index in [4.69, 9.17) is 0 Å². The lowest BCUT2D eigenvalue weighted by Gasteiger charge is -2.30. The van der Waals surface area contributed by atoms with Gasteiger partial charge in [0.15, 0.2) is 0 Å². The number of amides is 2. The van der Waals surface area contributed by atoms with E-state index in [1.54, 1.807) is 0 Å². The number of carbonyl (C=O) groups excluding carboxylic acids is 2. The van der Waals surface area contributed by atoms with Crippen molar-refractivity contribution in [3.05, 3.63) is 0 Å². The van der Waals surface area contributed by atoms with E-state index in [9.17, 15) is 9.59 Å². The fraction of sp³-hybridized carbons (Fsp3) is 0.833. The lowest BCUT2D eigenvalue weighted by Crippen LogP contribution is -2.59. The van der Waals surface area contributed by atoms with Crippen LogP contribution in [0.15, 0.2) is 0 Å². The average Bonchev–Trinajstić information content (AvgIpc) is 2.33. The molecule has 0 spiro atoms. The van der Waals surface area contributed by atoms with Crippen molar-refractivity contribution < 1.29 is 9.59 Å². The van der Waals surface area contributed by atoms with Gasteiger partial charge in [-0.05, 0) is 31.6 Å². The molecule has 1 saturated heterocycles. The fourth-order valence-corrected chi connectivity index (χ4v) is 2.46. The second kappa shape index (κ2) is 5.49. The Bertz CT molecular complexity index is 288. The minimum absolute atomic E-state index is 0.0181. The van der Waals surface area contributed by atoms with Gasteiger partial charge in [0.2, 0.25) is 11.8 Å². The van der Waals surface area contributed by atoms with Crippen molar-refractivity contribution in [2.45, 2.75) is 44.7 Å². The van der Waals surface area contributed by atoms with E-state index in [-0.39, 0.29) is 24.4 Å². The number of carbonyl (C=O) groups is 2. The lowest BCUT2D eigenvalue weighted by atomic mass is 9.87. The van der Waals surface area contributed by atoms with Gasteiger partial charge in [-0.3, -0.25) is 14.9 Å². The van der Waals surface area contributed by atoms with Crippen molar-refractivity contribution in [3.8, 4) is 0 Å². The summed E-state index contributed by atoms with van der Waals surface area (Å²) in [5.74, 6) is 0.764. The molecule has 3 N–H and O–H groups in total. The van der Waals surface area contributed by atoms with Gasteiger partial charge in [0.25, 0.3) is 0 Å². The number of nitrogens with one attached hydrogen (secondary N) is 3. The van der Waals surface area contributed by atoms with Crippen LogP contribution in [-0.2, 0) is 9.59 Å². The predicted molar refractivity (Wildman–Crippen MR) is 64.4 cm³/mol. The Balaban J connectivity index is 1.75. The maximum atomic E-state index is 11.9. The Kier molecular flexibility index (Phi) is 3.99. The molecule has 17 heavy (non-hydrogen) atoms. The molecule has 0 bridgehead atoms. The van der Waals surface area contributed by atoms with E-state index in [0.29, 0.717) is 12.6 Å². The van der Waals surface area contributed by atoms with E-state index < -0.39 is 0 Å². The number of hydrogen-bond donors (Lipinski definition) is 3. The first-order chi connectivity index (χ1) is 8.15. The first kappa shape index (κ1) is 12.4. The third-order valence-electron chi connectivity index (χ3n) is 3.69. The van der Waals surface area contributed by atoms with Gasteiger partial charge in [-0.1, -0.05) is 6.92 Å². The molecule has 5 heteroatoms. The molecule has 2 amide bonds. The molecule has 0 aromatic heterocycles. The van der Waals surface area contributed by atoms with Gasteiger partial charge in [-0.2, -0.15) is 0 Å². The maximum absolute atomic E-state index is 11.9. The van der Waals surface area contributed by atoms with Crippen LogP contribution in [0.3, 0.4) is 0 Å². The van der Waals surface area contributed by atoms with Gasteiger partial charge >= 0.3 is 0 Å². The fourth-order valence-electron chi connectivity index (χ4n) is 2.46. The summed E-state index contributed by atoms with van der Waals surface area (Å²) >= 11 is 0. The quantitative estimate of drug-likeness (QED) is 0.623. The molecule has 2 aliphatic rings. The monoisotopic (exact) mass is 239 g/mol. The van der Waals surface area contributed by atoms with E-state index in [1.807, 2.05) is 0 Å². The summed E-state index contributed by atoms with van der Waals surface area (Å²) in [5, 5.41) is 8.71. The molecule has 0 radical (unpaired) electrons. The summed E-state index contributed by atoms with van der Waals surface area (Å²) in [5.41, 5.74) is 0. The van der Waals surface area contributed by atoms with Crippen LogP contribution in [0.4, 0.5) is 0 Å². The van der Waals surface area contributed by atoms with Crippen LogP contribution in [0.5, 0.6) is 0 Å². The Labute approximate surface area is 102 Å². The van der Waals surface area contributed by atoms with Crippen LogP contribution in [0, 0.1) is 5.92 Å². The molecule has 1 atom stereocenters. The molecule has 2 fully saturated rings. The first-order valence-electron chi connectivity index (χ1n) is 6.45. The topological polar surface area (TPSA) is 70.2 Å². The molecular formula is C12H21N3O2. The van der Waals surface area contributed by atoms with Crippen molar-refractivity contribution in [1.82, 2.24) is 16.0 Å². The molecule has 2 rings (SSSR count). The van der Waals surface area contributed by atoms with Gasteiger partial charge in [0, 0.05) is 12.6 Å². The van der Waals surface area contributed by atoms with E-state index in [0.717, 1.165) is 18.8 Å². The van der Waals surface area contributed by atoms with Crippen molar-refractivity contribution >= 4 is 11.8 Å². The Hall–Kier alpha value is -1.10. The summed E-state index contributed by atoms with van der Waals surface area (Å²) in [4.78, 5) is 22.9. The third-order valence-corrected chi connectivity index (χ3v) is 3.69. The zero-order valence-corrected chi connectivity index (χ0v) is 10.3. The smallest absolute Gasteiger partial charge is 0.239 e. The van der Waals surface area contributed by atoms with E-state index in [2.05, 4.69) is 22.9 Å². The molecule has 1 unspecified atom stereocenters. The van der Waals surface area contributed by atoms with Gasteiger partial charge in [-0.15, -0.1) is 0 Å². The van der Waals surface area contributed by atoms with Crippen molar-refractivity contribution in [2.75, 3.05) is 13.1 Å². The van der Waals surface area contributed by atoms with Gasteiger partial charge in [0.05, 0.1) is 6.54 Å². The highest BCUT2D eigenvalue weighted by atomic mass is 16.2. The Morgan fingerprint density at radius 2 is 2.00 bits per heavy atom. The van der Waals surface area contributed by atoms with Crippen LogP contribution < -0.4 is 16.0 Å². The normalized spacial score (nSPS) is 33.9. The first-order valence-corrected chi connectivity index (χ1v) is 6.45. The molecule has 0 aromatic rings. The summed E-state index contributed by atoms with van der Waals surface area (Å²) in [6.07, 6.45) is 4.54. The van der Waals surface area contributed by atoms with Gasteiger partial charge in [0.1, 0.15) is 6.04 Å². The van der Waals surface area contributed by atoms with Crippen LogP contribution in [-0.4, -0.2) is 37.0 Å². The zero-order valence-electron chi connectivity index (χ0n) is 10.3. The molecule has 96 valence electrons. The second-order valence-electron chi connectivity index (χ2n) is 5.20. The van der Waals surface area contributed by atoms with Gasteiger partial charge < -0.3 is 10.6 Å². The SMILES string of the molecule is CC1CCC(NC(=O)C2CNC(=O)CN2)CC1. The zero-order chi connectivity index (χ0) is 12.3. The van der Waals surface area contributed by atoms with Crippen LogP contribution in [0.2, 0.25) is 0 Å². The number of hydrogen-bond acceptors (Lipinski definition) is 3. The highest BCUT2D eigenvalue weighted by Gasteiger charge is 2.26. The van der Waals surface area contributed by atoms with Crippen molar-refractivity contribution in [3.63, 3.8) is 0 Å². The van der Waals surface area contributed by atoms with Crippen LogP contribution in [0.25, 0.3) is 0 Å². The Morgan fingerprint density at radius 1 is 1.29 bits per heavy atom. The standard InChI is InChI=1S/C12H21N3O2/c1-8-2-4-9(5-3-8)15-12(17)10-6-14-11(16)7-13-10/h8-10,13H,2-7H2,1H3,(H,14,16)(H,15,17). The summed E-state index contributed by atoms with van der Waals surface area (Å²) < 4.78 is 0. The van der Waals surface area contributed by atoms with E-state index in [1.165, 1.54) is 12.8 Å². The molecule has 0 aromatic carbocycles. The van der Waals surface area contributed by atoms with Crippen LogP contribution >= 0.6 is 0 Å². The molecule has 1 saturated carbocycles. The third kappa shape index (κ3) is 3.43. The van der Waals surface area contributed by atoms with Crippen molar-refractivity contribution in [1.29, 1.82) is 0 Å². The summed E-state index contributed by atoms with van der Waals surface area (Å²) in [6, 6.07) is 0.0465. The highest BCUT2D eigenvalue weighted by molar-refractivity contribution is 5.86. The minimum Gasteiger partial charge on any atom is -0.353 e. The summed E-state index contributed by atoms with van der Waals surface area (Å²) in [6.45, 7) is 2.89. The maximum Gasteiger partial charge on any atom is 0.239 e. The Morgan fingerprint density at radius 3 is 2.59 bits per heavy atom. The lowest BCUT2D eigenvalue weighted by molar-refractivity contribution is -0.127. The molecular weight excluding hydrogens is 218 g/mol. The summed E-state index contributed by atoms with van der Waals surface area (Å²) in [7, 11) is 0. The molecule has 5 nitrogen and oxygen atoms in total. The molecule has 1 aliphatic heterocycles. The van der Waals surface area contributed by atoms with E-state index >= 15 is 0 Å². The number of rotatable bonds is 2.